The van der Waals surface area contributed by atoms with E-state index in [2.05, 4.69) is 15.5 Å². The Morgan fingerprint density at radius 2 is 1.60 bits per heavy atom. The molecule has 11 heteroatoms. The highest BCUT2D eigenvalue weighted by atomic mass is 16.7. The molecule has 2 amide bonds. The smallest absolute Gasteiger partial charge is 0.224 e. The number of amides is 2. The standard InChI is InChI=1S/C36H44N4O7/c37-30-7-1-2-8-31(30)39-34(43)10-4-9-33(42)38-28-6-3-5-27(21-28)35-46-29(22-32(47-35)26-13-11-25(24-41)12-14-26)23-40-17-15-36(16-18-40)44-19-20-45-36/h1-3,5-8,11-14,21,29,32,35,41H,4,9-10,15-20,22-24,37H2,(H,38,42)(H,39,43)/t29-,32+,35+/m1/s1. The first-order valence-corrected chi connectivity index (χ1v) is 16.4. The van der Waals surface area contributed by atoms with Crippen LogP contribution in [0.5, 0.6) is 0 Å². The summed E-state index contributed by atoms with van der Waals surface area (Å²) in [6.45, 7) is 3.78. The van der Waals surface area contributed by atoms with Gasteiger partial charge in [-0.2, -0.15) is 0 Å². The van der Waals surface area contributed by atoms with Gasteiger partial charge < -0.3 is 45.3 Å². The number of hydrogen-bond acceptors (Lipinski definition) is 9. The highest BCUT2D eigenvalue weighted by molar-refractivity contribution is 5.94. The van der Waals surface area contributed by atoms with Crippen molar-refractivity contribution in [3.8, 4) is 0 Å². The minimum Gasteiger partial charge on any atom is -0.397 e. The number of ether oxygens (including phenoxy) is 4. The summed E-state index contributed by atoms with van der Waals surface area (Å²) in [4.78, 5) is 27.5. The number of likely N-dealkylation sites (tertiary alicyclic amines) is 1. The van der Waals surface area contributed by atoms with Crippen LogP contribution >= 0.6 is 0 Å². The second kappa shape index (κ2) is 15.4. The minimum atomic E-state index is -0.639. The summed E-state index contributed by atoms with van der Waals surface area (Å²) in [7, 11) is 0. The van der Waals surface area contributed by atoms with Gasteiger partial charge in [0, 0.05) is 63.0 Å². The van der Waals surface area contributed by atoms with Crippen molar-refractivity contribution in [3.63, 3.8) is 0 Å². The van der Waals surface area contributed by atoms with E-state index in [9.17, 15) is 14.7 Å². The van der Waals surface area contributed by atoms with E-state index in [4.69, 9.17) is 24.7 Å². The third-order valence-electron chi connectivity index (χ3n) is 8.99. The van der Waals surface area contributed by atoms with E-state index < -0.39 is 12.1 Å². The maximum absolute atomic E-state index is 12.8. The molecule has 0 aromatic heterocycles. The number of piperidine rings is 1. The van der Waals surface area contributed by atoms with E-state index >= 15 is 0 Å². The number of aliphatic hydroxyl groups is 1. The minimum absolute atomic E-state index is 0.0153. The summed E-state index contributed by atoms with van der Waals surface area (Å²) in [5.74, 6) is -0.804. The molecule has 1 spiro atoms. The fourth-order valence-electron chi connectivity index (χ4n) is 6.40. The fraction of sp³-hybridized carbons (Fsp3) is 0.444. The monoisotopic (exact) mass is 644 g/mol. The summed E-state index contributed by atoms with van der Waals surface area (Å²) in [5, 5.41) is 15.3. The van der Waals surface area contributed by atoms with Gasteiger partial charge in [-0.15, -0.1) is 0 Å². The molecular formula is C36H44N4O7. The number of hydrogen-bond donors (Lipinski definition) is 4. The average molecular weight is 645 g/mol. The molecule has 5 N–H and O–H groups in total. The van der Waals surface area contributed by atoms with Crippen molar-refractivity contribution in [2.45, 2.75) is 69.4 Å². The number of nitrogen functional groups attached to an aromatic ring is 1. The summed E-state index contributed by atoms with van der Waals surface area (Å²) in [6, 6.07) is 22.4. The van der Waals surface area contributed by atoms with E-state index in [0.29, 0.717) is 43.1 Å². The highest BCUT2D eigenvalue weighted by Gasteiger charge is 2.41. The lowest BCUT2D eigenvalue weighted by Crippen LogP contribution is -2.48. The third-order valence-corrected chi connectivity index (χ3v) is 8.99. The van der Waals surface area contributed by atoms with Gasteiger partial charge in [0.15, 0.2) is 12.1 Å². The average Bonchev–Trinajstić information content (AvgIpc) is 3.55. The number of nitrogens with two attached hydrogens (primary N) is 1. The molecule has 3 aliphatic rings. The lowest BCUT2D eigenvalue weighted by atomic mass is 9.98. The first-order chi connectivity index (χ1) is 22.9. The van der Waals surface area contributed by atoms with Gasteiger partial charge in [-0.3, -0.25) is 9.59 Å². The number of carbonyl (C=O) groups is 2. The van der Waals surface area contributed by atoms with E-state index in [1.165, 1.54) is 0 Å². The van der Waals surface area contributed by atoms with Gasteiger partial charge in [-0.25, -0.2) is 0 Å². The van der Waals surface area contributed by atoms with Gasteiger partial charge in [0.2, 0.25) is 11.8 Å². The quantitative estimate of drug-likeness (QED) is 0.214. The first-order valence-electron chi connectivity index (χ1n) is 16.4. The second-order valence-electron chi connectivity index (χ2n) is 12.4. The Balaban J connectivity index is 1.07. The van der Waals surface area contributed by atoms with Crippen molar-refractivity contribution in [2.24, 2.45) is 0 Å². The molecular weight excluding hydrogens is 600 g/mol. The molecule has 3 aromatic carbocycles. The predicted molar refractivity (Wildman–Crippen MR) is 177 cm³/mol. The van der Waals surface area contributed by atoms with Gasteiger partial charge in [-0.1, -0.05) is 48.5 Å². The Labute approximate surface area is 275 Å². The van der Waals surface area contributed by atoms with Crippen molar-refractivity contribution >= 4 is 28.9 Å². The Morgan fingerprint density at radius 1 is 0.872 bits per heavy atom. The van der Waals surface area contributed by atoms with Crippen molar-refractivity contribution < 1.29 is 33.6 Å². The number of benzene rings is 3. The molecule has 6 rings (SSSR count). The predicted octanol–water partition coefficient (Wildman–Crippen LogP) is 4.89. The molecule has 47 heavy (non-hydrogen) atoms. The van der Waals surface area contributed by atoms with Gasteiger partial charge >= 0.3 is 0 Å². The maximum Gasteiger partial charge on any atom is 0.224 e. The summed E-state index contributed by atoms with van der Waals surface area (Å²) in [5.41, 5.74) is 10.3. The normalized spacial score (nSPS) is 22.6. The van der Waals surface area contributed by atoms with Crippen LogP contribution in [-0.2, 0) is 35.1 Å². The number of nitrogens with zero attached hydrogens (tertiary/aromatic N) is 1. The number of aliphatic hydroxyl groups excluding tert-OH is 1. The number of para-hydroxylation sites is 2. The van der Waals surface area contributed by atoms with Crippen LogP contribution in [0.4, 0.5) is 17.1 Å². The van der Waals surface area contributed by atoms with Crippen LogP contribution in [0.15, 0.2) is 72.8 Å². The van der Waals surface area contributed by atoms with E-state index in [1.54, 1.807) is 24.3 Å². The molecule has 3 aromatic rings. The van der Waals surface area contributed by atoms with Gasteiger partial charge in [0.05, 0.1) is 43.4 Å². The largest absolute Gasteiger partial charge is 0.397 e. The Kier molecular flexibility index (Phi) is 10.8. The zero-order valence-corrected chi connectivity index (χ0v) is 26.6. The number of carbonyl (C=O) groups excluding carboxylic acids is 2. The molecule has 250 valence electrons. The highest BCUT2D eigenvalue weighted by Crippen LogP contribution is 2.39. The van der Waals surface area contributed by atoms with Crippen LogP contribution in [0.1, 0.15) is 67.6 Å². The van der Waals surface area contributed by atoms with Crippen LogP contribution in [0, 0.1) is 0 Å². The Bertz CT molecular complexity index is 1500. The number of rotatable bonds is 11. The molecule has 3 atom stereocenters. The van der Waals surface area contributed by atoms with Gasteiger partial charge in [-0.05, 0) is 41.8 Å². The molecule has 0 radical (unpaired) electrons. The van der Waals surface area contributed by atoms with E-state index in [0.717, 1.165) is 49.2 Å². The van der Waals surface area contributed by atoms with Gasteiger partial charge in [0.25, 0.3) is 0 Å². The van der Waals surface area contributed by atoms with Crippen LogP contribution in [-0.4, -0.2) is 66.6 Å². The SMILES string of the molecule is Nc1ccccc1NC(=O)CCCC(=O)Nc1cccc([C@H]2O[C@@H](CN3CCC4(CC3)OCCO4)C[C@@H](c3ccc(CO)cc3)O2)c1. The van der Waals surface area contributed by atoms with Crippen LogP contribution < -0.4 is 16.4 Å². The van der Waals surface area contributed by atoms with Crippen molar-refractivity contribution in [3.05, 3.63) is 89.5 Å². The molecule has 3 saturated heterocycles. The summed E-state index contributed by atoms with van der Waals surface area (Å²) in [6.07, 6.45) is 2.20. The van der Waals surface area contributed by atoms with Crippen molar-refractivity contribution in [2.75, 3.05) is 49.2 Å². The molecule has 0 aliphatic carbocycles. The maximum atomic E-state index is 12.8. The van der Waals surface area contributed by atoms with Crippen molar-refractivity contribution in [1.82, 2.24) is 4.90 Å². The zero-order valence-electron chi connectivity index (χ0n) is 26.6. The van der Waals surface area contributed by atoms with Crippen LogP contribution in [0.2, 0.25) is 0 Å². The van der Waals surface area contributed by atoms with Crippen LogP contribution in [0.25, 0.3) is 0 Å². The van der Waals surface area contributed by atoms with E-state index in [1.807, 2.05) is 48.5 Å². The number of anilines is 3. The lowest BCUT2D eigenvalue weighted by Gasteiger charge is -2.41. The van der Waals surface area contributed by atoms with E-state index in [-0.39, 0.29) is 43.5 Å². The van der Waals surface area contributed by atoms with Crippen LogP contribution in [0.3, 0.4) is 0 Å². The topological polar surface area (TPSA) is 145 Å². The zero-order chi connectivity index (χ0) is 32.6. The molecule has 11 nitrogen and oxygen atoms in total. The fourth-order valence-corrected chi connectivity index (χ4v) is 6.40. The van der Waals surface area contributed by atoms with Crippen molar-refractivity contribution in [1.29, 1.82) is 0 Å². The molecule has 3 heterocycles. The lowest BCUT2D eigenvalue weighted by molar-refractivity contribution is -0.255. The van der Waals surface area contributed by atoms with Gasteiger partial charge in [0.1, 0.15) is 0 Å². The molecule has 0 saturated carbocycles. The molecule has 3 aliphatic heterocycles. The molecule has 0 unspecified atom stereocenters. The molecule has 3 fully saturated rings. The summed E-state index contributed by atoms with van der Waals surface area (Å²) >= 11 is 0. The Morgan fingerprint density at radius 3 is 2.32 bits per heavy atom. The number of nitrogens with one attached hydrogen (secondary N) is 2. The third kappa shape index (κ3) is 8.75. The Hall–Kier alpha value is -3.84. The first kappa shape index (κ1) is 33.1. The summed E-state index contributed by atoms with van der Waals surface area (Å²) < 4.78 is 24.9. The molecule has 0 bridgehead atoms. The second-order valence-corrected chi connectivity index (χ2v) is 12.4.